The molecule has 4 heterocycles. The van der Waals surface area contributed by atoms with Crippen LogP contribution >= 0.6 is 11.3 Å². The van der Waals surface area contributed by atoms with E-state index in [1.165, 1.54) is 4.90 Å². The first-order valence-corrected chi connectivity index (χ1v) is 8.58. The molecule has 0 N–H and O–H groups in total. The summed E-state index contributed by atoms with van der Waals surface area (Å²) in [6.45, 7) is 3.24. The molecule has 8 heteroatoms. The van der Waals surface area contributed by atoms with Gasteiger partial charge in [-0.25, -0.2) is 9.97 Å². The third-order valence-corrected chi connectivity index (χ3v) is 5.03. The van der Waals surface area contributed by atoms with Crippen molar-refractivity contribution < 1.29 is 9.32 Å². The molecule has 0 spiro atoms. The summed E-state index contributed by atoms with van der Waals surface area (Å²) >= 11 is 1.63. The average molecular weight is 343 g/mol. The summed E-state index contributed by atoms with van der Waals surface area (Å²) in [5.74, 6) is 2.32. The van der Waals surface area contributed by atoms with Crippen LogP contribution in [0.25, 0.3) is 10.2 Å². The van der Waals surface area contributed by atoms with Gasteiger partial charge in [-0.2, -0.15) is 0 Å². The number of nitrogens with zero attached hydrogens (tertiary/aromatic N) is 5. The number of rotatable bonds is 2. The number of thiophene rings is 1. The van der Waals surface area contributed by atoms with Gasteiger partial charge in [0, 0.05) is 32.6 Å². The molecule has 1 aliphatic rings. The van der Waals surface area contributed by atoms with E-state index in [1.807, 2.05) is 18.4 Å². The molecule has 0 radical (unpaired) electrons. The van der Waals surface area contributed by atoms with Crippen LogP contribution in [0, 0.1) is 6.92 Å². The highest BCUT2D eigenvalue weighted by Crippen LogP contribution is 2.33. The highest BCUT2D eigenvalue weighted by molar-refractivity contribution is 7.17. The predicted octanol–water partition coefficient (Wildman–Crippen LogP) is 2.25. The van der Waals surface area contributed by atoms with E-state index in [2.05, 4.69) is 20.0 Å². The second-order valence-electron chi connectivity index (χ2n) is 6.03. The van der Waals surface area contributed by atoms with E-state index in [4.69, 9.17) is 4.52 Å². The maximum absolute atomic E-state index is 12.3. The minimum absolute atomic E-state index is 0.137. The number of anilines is 1. The van der Waals surface area contributed by atoms with E-state index < -0.39 is 0 Å². The van der Waals surface area contributed by atoms with Gasteiger partial charge in [0.1, 0.15) is 11.6 Å². The molecule has 0 bridgehead atoms. The lowest BCUT2D eigenvalue weighted by atomic mass is 10.1. The quantitative estimate of drug-likeness (QED) is 0.710. The van der Waals surface area contributed by atoms with Gasteiger partial charge in [0.25, 0.3) is 5.91 Å². The van der Waals surface area contributed by atoms with Crippen LogP contribution < -0.4 is 4.90 Å². The first-order valence-electron chi connectivity index (χ1n) is 7.70. The van der Waals surface area contributed by atoms with Crippen molar-refractivity contribution in [2.45, 2.75) is 19.9 Å². The topological polar surface area (TPSA) is 75.4 Å². The summed E-state index contributed by atoms with van der Waals surface area (Å²) in [5, 5.41) is 6.02. The number of aryl methyl sites for hydroxylation is 1. The fourth-order valence-corrected chi connectivity index (χ4v) is 3.79. The van der Waals surface area contributed by atoms with Crippen molar-refractivity contribution in [2.24, 2.45) is 0 Å². The van der Waals surface area contributed by atoms with Gasteiger partial charge in [0.2, 0.25) is 0 Å². The van der Waals surface area contributed by atoms with Gasteiger partial charge in [-0.3, -0.25) is 4.79 Å². The molecule has 0 fully saturated rings. The molecule has 3 aromatic rings. The minimum atomic E-state index is -0.137. The molecule has 0 aromatic carbocycles. The molecule has 1 amide bonds. The summed E-state index contributed by atoms with van der Waals surface area (Å²) in [6.07, 6.45) is 0.707. The lowest BCUT2D eigenvalue weighted by molar-refractivity contribution is 0.0816. The van der Waals surface area contributed by atoms with Crippen LogP contribution in [-0.4, -0.2) is 46.6 Å². The second-order valence-corrected chi connectivity index (χ2v) is 6.95. The highest BCUT2D eigenvalue weighted by atomic mass is 32.1. The SMILES string of the molecule is Cc1nc(N2CCc3onc(C(=O)N(C)C)c3C2)c2sccc2n1. The molecule has 1 aliphatic heterocycles. The van der Waals surface area contributed by atoms with Crippen LogP contribution in [0.4, 0.5) is 5.82 Å². The van der Waals surface area contributed by atoms with Gasteiger partial charge in [-0.15, -0.1) is 11.3 Å². The van der Waals surface area contributed by atoms with Crippen LogP contribution in [0.1, 0.15) is 27.6 Å². The third-order valence-electron chi connectivity index (χ3n) is 4.13. The van der Waals surface area contributed by atoms with Gasteiger partial charge in [0.05, 0.1) is 16.8 Å². The molecule has 124 valence electrons. The Balaban J connectivity index is 1.75. The number of hydrogen-bond acceptors (Lipinski definition) is 7. The van der Waals surface area contributed by atoms with Crippen molar-refractivity contribution in [3.63, 3.8) is 0 Å². The average Bonchev–Trinajstić information content (AvgIpc) is 3.18. The Hall–Kier alpha value is -2.48. The Bertz CT molecular complexity index is 930. The van der Waals surface area contributed by atoms with E-state index >= 15 is 0 Å². The molecule has 0 unspecified atom stereocenters. The molecule has 24 heavy (non-hydrogen) atoms. The number of amides is 1. The van der Waals surface area contributed by atoms with E-state index in [9.17, 15) is 4.79 Å². The molecular formula is C16H17N5O2S. The van der Waals surface area contributed by atoms with Gasteiger partial charge in [-0.1, -0.05) is 5.16 Å². The van der Waals surface area contributed by atoms with Gasteiger partial charge >= 0.3 is 0 Å². The molecule has 0 saturated heterocycles. The van der Waals surface area contributed by atoms with Gasteiger partial charge in [-0.05, 0) is 18.4 Å². The number of fused-ring (bicyclic) bond motifs is 2. The van der Waals surface area contributed by atoms with Crippen LogP contribution in [0.2, 0.25) is 0 Å². The Morgan fingerprint density at radius 1 is 1.38 bits per heavy atom. The highest BCUT2D eigenvalue weighted by Gasteiger charge is 2.29. The molecule has 0 aliphatic carbocycles. The summed E-state index contributed by atoms with van der Waals surface area (Å²) in [4.78, 5) is 25.1. The summed E-state index contributed by atoms with van der Waals surface area (Å²) in [5.41, 5.74) is 2.22. The largest absolute Gasteiger partial charge is 0.360 e. The Morgan fingerprint density at radius 3 is 3.00 bits per heavy atom. The van der Waals surface area contributed by atoms with E-state index in [-0.39, 0.29) is 5.91 Å². The summed E-state index contributed by atoms with van der Waals surface area (Å²) < 4.78 is 6.45. The molecule has 0 atom stereocenters. The van der Waals surface area contributed by atoms with Gasteiger partial charge < -0.3 is 14.3 Å². The smallest absolute Gasteiger partial charge is 0.275 e. The van der Waals surface area contributed by atoms with E-state index in [1.54, 1.807) is 25.4 Å². The summed E-state index contributed by atoms with van der Waals surface area (Å²) in [7, 11) is 3.43. The van der Waals surface area contributed by atoms with Crippen molar-refractivity contribution >= 4 is 33.3 Å². The second kappa shape index (κ2) is 5.55. The maximum Gasteiger partial charge on any atom is 0.275 e. The minimum Gasteiger partial charge on any atom is -0.360 e. The fraction of sp³-hybridized carbons (Fsp3) is 0.375. The maximum atomic E-state index is 12.3. The van der Waals surface area contributed by atoms with Crippen molar-refractivity contribution in [2.75, 3.05) is 25.5 Å². The Morgan fingerprint density at radius 2 is 2.21 bits per heavy atom. The molecule has 0 saturated carbocycles. The lowest BCUT2D eigenvalue weighted by Gasteiger charge is -2.27. The molecule has 7 nitrogen and oxygen atoms in total. The first kappa shape index (κ1) is 15.1. The normalized spacial score (nSPS) is 14.0. The van der Waals surface area contributed by atoms with E-state index in [0.717, 1.165) is 39.7 Å². The van der Waals surface area contributed by atoms with Crippen LogP contribution in [-0.2, 0) is 13.0 Å². The summed E-state index contributed by atoms with van der Waals surface area (Å²) in [6, 6.07) is 2.01. The van der Waals surface area contributed by atoms with E-state index in [0.29, 0.717) is 18.7 Å². The third kappa shape index (κ3) is 2.34. The first-order chi connectivity index (χ1) is 11.5. The number of carbonyl (C=O) groups is 1. The van der Waals surface area contributed by atoms with Crippen LogP contribution in [0.5, 0.6) is 0 Å². The predicted molar refractivity (Wildman–Crippen MR) is 91.4 cm³/mol. The Kier molecular flexibility index (Phi) is 3.49. The number of hydrogen-bond donors (Lipinski definition) is 0. The molecule has 4 rings (SSSR count). The molecule has 3 aromatic heterocycles. The van der Waals surface area contributed by atoms with Gasteiger partial charge in [0.15, 0.2) is 11.5 Å². The standard InChI is InChI=1S/C16H17N5O2S/c1-9-17-11-5-7-24-14(11)15(18-9)21-6-4-12-10(8-21)13(19-23-12)16(22)20(2)3/h5,7H,4,6,8H2,1-3H3. The van der Waals surface area contributed by atoms with Crippen LogP contribution in [0.3, 0.4) is 0 Å². The number of carbonyl (C=O) groups excluding carboxylic acids is 1. The van der Waals surface area contributed by atoms with Crippen molar-refractivity contribution in [1.82, 2.24) is 20.0 Å². The monoisotopic (exact) mass is 343 g/mol. The van der Waals surface area contributed by atoms with Crippen molar-refractivity contribution in [3.05, 3.63) is 34.3 Å². The fourth-order valence-electron chi connectivity index (χ4n) is 2.95. The zero-order valence-corrected chi connectivity index (χ0v) is 14.6. The van der Waals surface area contributed by atoms with Crippen molar-refractivity contribution in [1.29, 1.82) is 0 Å². The zero-order chi connectivity index (χ0) is 16.8. The lowest BCUT2D eigenvalue weighted by Crippen LogP contribution is -2.32. The zero-order valence-electron chi connectivity index (χ0n) is 13.7. The number of aromatic nitrogens is 3. The van der Waals surface area contributed by atoms with Crippen LogP contribution in [0.15, 0.2) is 16.0 Å². The van der Waals surface area contributed by atoms with Crippen molar-refractivity contribution in [3.8, 4) is 0 Å². The molecular weight excluding hydrogens is 326 g/mol. The Labute approximate surface area is 142 Å².